The Hall–Kier alpha value is -2.29. The van der Waals surface area contributed by atoms with Crippen LogP contribution in [0.1, 0.15) is 12.5 Å². The van der Waals surface area contributed by atoms with Gasteiger partial charge in [-0.1, -0.05) is 11.6 Å². The van der Waals surface area contributed by atoms with Crippen LogP contribution in [0.5, 0.6) is 11.5 Å². The molecule has 0 fully saturated rings. The van der Waals surface area contributed by atoms with E-state index in [0.717, 1.165) is 4.31 Å². The van der Waals surface area contributed by atoms with Gasteiger partial charge in [0.25, 0.3) is 0 Å². The number of sulfonamides is 1. The molecular formula is C19H23ClN2O5S. The minimum absolute atomic E-state index is 0.0871. The van der Waals surface area contributed by atoms with Gasteiger partial charge in [0.15, 0.2) is 0 Å². The molecule has 0 unspecified atom stereocenters. The highest BCUT2D eigenvalue weighted by molar-refractivity contribution is 7.89. The Morgan fingerprint density at radius 3 is 2.46 bits per heavy atom. The molecule has 0 saturated heterocycles. The number of anilines is 1. The van der Waals surface area contributed by atoms with Gasteiger partial charge in [0.05, 0.1) is 30.8 Å². The van der Waals surface area contributed by atoms with Gasteiger partial charge < -0.3 is 14.8 Å². The first kappa shape index (κ1) is 22.0. The summed E-state index contributed by atoms with van der Waals surface area (Å²) in [5.74, 6) is 0.523. The first-order valence-electron chi connectivity index (χ1n) is 8.52. The molecule has 0 aliphatic rings. The number of carbonyl (C=O) groups is 1. The molecule has 0 aliphatic heterocycles. The van der Waals surface area contributed by atoms with Gasteiger partial charge in [-0.05, 0) is 55.8 Å². The van der Waals surface area contributed by atoms with Crippen LogP contribution in [0.15, 0.2) is 41.3 Å². The second-order valence-corrected chi connectivity index (χ2v) is 8.50. The maximum Gasteiger partial charge on any atom is 0.243 e. The molecule has 1 N–H and O–H groups in total. The SMILES string of the molecule is CCOc1ccc(S(=O)(=O)N(C)CC(=O)Nc2cc(Cl)ccc2OC)cc1C. The molecular weight excluding hydrogens is 404 g/mol. The summed E-state index contributed by atoms with van der Waals surface area (Å²) in [6, 6.07) is 9.36. The van der Waals surface area contributed by atoms with Gasteiger partial charge in [0, 0.05) is 12.1 Å². The second-order valence-electron chi connectivity index (χ2n) is 6.01. The van der Waals surface area contributed by atoms with Crippen LogP contribution in [0.3, 0.4) is 0 Å². The summed E-state index contributed by atoms with van der Waals surface area (Å²) in [5, 5.41) is 3.04. The zero-order valence-corrected chi connectivity index (χ0v) is 17.7. The molecule has 0 aliphatic carbocycles. The van der Waals surface area contributed by atoms with Crippen molar-refractivity contribution in [3.63, 3.8) is 0 Å². The molecule has 0 spiro atoms. The minimum Gasteiger partial charge on any atom is -0.495 e. The zero-order chi connectivity index (χ0) is 20.9. The number of likely N-dealkylation sites (N-methyl/N-ethyl adjacent to an activating group) is 1. The lowest BCUT2D eigenvalue weighted by Crippen LogP contribution is -2.35. The summed E-state index contributed by atoms with van der Waals surface area (Å²) in [6.07, 6.45) is 0. The van der Waals surface area contributed by atoms with Crippen molar-refractivity contribution in [2.24, 2.45) is 0 Å². The molecule has 28 heavy (non-hydrogen) atoms. The highest BCUT2D eigenvalue weighted by Crippen LogP contribution is 2.28. The molecule has 2 aromatic rings. The third-order valence-corrected chi connectivity index (χ3v) is 5.99. The van der Waals surface area contributed by atoms with E-state index in [2.05, 4.69) is 5.32 Å². The summed E-state index contributed by atoms with van der Waals surface area (Å²) >= 11 is 5.94. The maximum absolute atomic E-state index is 12.8. The number of amides is 1. The topological polar surface area (TPSA) is 84.9 Å². The first-order valence-corrected chi connectivity index (χ1v) is 10.3. The lowest BCUT2D eigenvalue weighted by Gasteiger charge is -2.18. The Labute approximate surface area is 170 Å². The molecule has 2 rings (SSSR count). The van der Waals surface area contributed by atoms with Crippen LogP contribution in [-0.2, 0) is 14.8 Å². The van der Waals surface area contributed by atoms with E-state index >= 15 is 0 Å². The minimum atomic E-state index is -3.84. The summed E-state index contributed by atoms with van der Waals surface area (Å²) in [4.78, 5) is 12.4. The molecule has 0 saturated carbocycles. The van der Waals surface area contributed by atoms with E-state index in [1.165, 1.54) is 32.4 Å². The molecule has 7 nitrogen and oxygen atoms in total. The zero-order valence-electron chi connectivity index (χ0n) is 16.2. The number of rotatable bonds is 8. The summed E-state index contributed by atoms with van der Waals surface area (Å²) in [5.41, 5.74) is 1.06. The normalized spacial score (nSPS) is 11.4. The van der Waals surface area contributed by atoms with Crippen molar-refractivity contribution in [3.8, 4) is 11.5 Å². The van der Waals surface area contributed by atoms with Gasteiger partial charge >= 0.3 is 0 Å². The Morgan fingerprint density at radius 1 is 1.18 bits per heavy atom. The second kappa shape index (κ2) is 9.27. The smallest absolute Gasteiger partial charge is 0.243 e. The molecule has 0 atom stereocenters. The van der Waals surface area contributed by atoms with Crippen molar-refractivity contribution in [2.45, 2.75) is 18.7 Å². The van der Waals surface area contributed by atoms with Gasteiger partial charge in [0.2, 0.25) is 15.9 Å². The van der Waals surface area contributed by atoms with Crippen LogP contribution in [0.4, 0.5) is 5.69 Å². The number of hydrogen-bond donors (Lipinski definition) is 1. The van der Waals surface area contributed by atoms with Crippen LogP contribution >= 0.6 is 11.6 Å². The summed E-state index contributed by atoms with van der Waals surface area (Å²) in [6.45, 7) is 3.73. The van der Waals surface area contributed by atoms with Crippen LogP contribution in [0, 0.1) is 6.92 Å². The van der Waals surface area contributed by atoms with E-state index in [4.69, 9.17) is 21.1 Å². The summed E-state index contributed by atoms with van der Waals surface area (Å²) < 4.78 is 37.1. The number of nitrogens with one attached hydrogen (secondary N) is 1. The average Bonchev–Trinajstić information content (AvgIpc) is 2.63. The number of aryl methyl sites for hydroxylation is 1. The van der Waals surface area contributed by atoms with Crippen molar-refractivity contribution in [2.75, 3.05) is 32.6 Å². The number of hydrogen-bond acceptors (Lipinski definition) is 5. The lowest BCUT2D eigenvalue weighted by atomic mass is 10.2. The number of halogens is 1. The van der Waals surface area contributed by atoms with Crippen molar-refractivity contribution < 1.29 is 22.7 Å². The predicted molar refractivity (Wildman–Crippen MR) is 109 cm³/mol. The predicted octanol–water partition coefficient (Wildman–Crippen LogP) is 3.31. The van der Waals surface area contributed by atoms with E-state index < -0.39 is 15.9 Å². The van der Waals surface area contributed by atoms with Crippen LogP contribution in [0.2, 0.25) is 5.02 Å². The largest absolute Gasteiger partial charge is 0.495 e. The number of benzene rings is 2. The van der Waals surface area contributed by atoms with Gasteiger partial charge in [-0.25, -0.2) is 8.42 Å². The van der Waals surface area contributed by atoms with Gasteiger partial charge in [0.1, 0.15) is 11.5 Å². The van der Waals surface area contributed by atoms with Gasteiger partial charge in [-0.15, -0.1) is 0 Å². The monoisotopic (exact) mass is 426 g/mol. The van der Waals surface area contributed by atoms with E-state index in [0.29, 0.717) is 34.4 Å². The Morgan fingerprint density at radius 2 is 1.86 bits per heavy atom. The molecule has 0 heterocycles. The molecule has 0 radical (unpaired) electrons. The van der Waals surface area contributed by atoms with Crippen molar-refractivity contribution in [3.05, 3.63) is 47.0 Å². The Bertz CT molecular complexity index is 963. The standard InChI is InChI=1S/C19H23ClN2O5S/c1-5-27-17-9-7-15(10-13(17)2)28(24,25)22(3)12-19(23)21-16-11-14(20)6-8-18(16)26-4/h6-11H,5,12H2,1-4H3,(H,21,23). The number of ether oxygens (including phenoxy) is 2. The number of carbonyl (C=O) groups excluding carboxylic acids is 1. The van der Waals surface area contributed by atoms with Gasteiger partial charge in [-0.3, -0.25) is 4.79 Å². The molecule has 0 aromatic heterocycles. The lowest BCUT2D eigenvalue weighted by molar-refractivity contribution is -0.116. The molecule has 1 amide bonds. The molecule has 2 aromatic carbocycles. The summed E-state index contributed by atoms with van der Waals surface area (Å²) in [7, 11) is -1.04. The van der Waals surface area contributed by atoms with Crippen LogP contribution in [-0.4, -0.2) is 45.9 Å². The van der Waals surface area contributed by atoms with E-state index in [1.807, 2.05) is 6.92 Å². The molecule has 152 valence electrons. The van der Waals surface area contributed by atoms with Gasteiger partial charge in [-0.2, -0.15) is 4.31 Å². The third-order valence-electron chi connectivity index (χ3n) is 3.96. The first-order chi connectivity index (χ1) is 13.2. The quantitative estimate of drug-likeness (QED) is 0.699. The highest BCUT2D eigenvalue weighted by Gasteiger charge is 2.24. The van der Waals surface area contributed by atoms with Crippen molar-refractivity contribution >= 4 is 33.2 Å². The van der Waals surface area contributed by atoms with Crippen LogP contribution < -0.4 is 14.8 Å². The van der Waals surface area contributed by atoms with Crippen LogP contribution in [0.25, 0.3) is 0 Å². The van der Waals surface area contributed by atoms with E-state index in [1.54, 1.807) is 25.1 Å². The average molecular weight is 427 g/mol. The fourth-order valence-corrected chi connectivity index (χ4v) is 3.92. The number of nitrogens with zero attached hydrogens (tertiary/aromatic N) is 1. The van der Waals surface area contributed by atoms with E-state index in [-0.39, 0.29) is 11.4 Å². The number of methoxy groups -OCH3 is 1. The highest BCUT2D eigenvalue weighted by atomic mass is 35.5. The molecule has 0 bridgehead atoms. The van der Waals surface area contributed by atoms with Crippen molar-refractivity contribution in [1.29, 1.82) is 0 Å². The molecule has 9 heteroatoms. The maximum atomic E-state index is 12.8. The fourth-order valence-electron chi connectivity index (χ4n) is 2.53. The Kier molecular flexibility index (Phi) is 7.29. The fraction of sp³-hybridized carbons (Fsp3) is 0.316. The van der Waals surface area contributed by atoms with E-state index in [9.17, 15) is 13.2 Å². The van der Waals surface area contributed by atoms with Crippen molar-refractivity contribution in [1.82, 2.24) is 4.31 Å². The Balaban J connectivity index is 2.15. The third kappa shape index (κ3) is 5.15.